The summed E-state index contributed by atoms with van der Waals surface area (Å²) in [6, 6.07) is 9.79. The molecule has 4 heteroatoms. The molecule has 0 aliphatic rings. The van der Waals surface area contributed by atoms with Crippen LogP contribution in [0.3, 0.4) is 0 Å². The van der Waals surface area contributed by atoms with Gasteiger partial charge in [-0.25, -0.2) is 10.0 Å². The van der Waals surface area contributed by atoms with Gasteiger partial charge in [0.2, 0.25) is 5.13 Å². The summed E-state index contributed by atoms with van der Waals surface area (Å²) in [5, 5.41) is 13.3. The van der Waals surface area contributed by atoms with E-state index in [1.807, 2.05) is 35.7 Å². The Balaban J connectivity index is 2.06. The lowest BCUT2D eigenvalue weighted by Gasteiger charge is -2.12. The van der Waals surface area contributed by atoms with Crippen molar-refractivity contribution in [3.63, 3.8) is 0 Å². The first-order valence-corrected chi connectivity index (χ1v) is 5.14. The summed E-state index contributed by atoms with van der Waals surface area (Å²) >= 11 is 1.42. The van der Waals surface area contributed by atoms with E-state index in [-0.39, 0.29) is 0 Å². The van der Waals surface area contributed by atoms with Crippen LogP contribution in [0.4, 0.5) is 5.13 Å². The molecule has 3 nitrogen and oxygen atoms in total. The largest absolute Gasteiger partial charge is 0.286 e. The average Bonchev–Trinajstić information content (AvgIpc) is 2.72. The van der Waals surface area contributed by atoms with Crippen molar-refractivity contribution in [1.82, 2.24) is 4.98 Å². The molecule has 1 aromatic carbocycles. The Hall–Kier alpha value is -1.39. The lowest BCUT2D eigenvalue weighted by Crippen LogP contribution is -2.16. The maximum Gasteiger partial charge on any atom is 0.209 e. The third kappa shape index (κ3) is 2.10. The van der Waals surface area contributed by atoms with E-state index < -0.39 is 0 Å². The molecule has 72 valence electrons. The molecule has 0 amide bonds. The molecule has 0 aliphatic carbocycles. The molecule has 1 aromatic heterocycles. The summed E-state index contributed by atoms with van der Waals surface area (Å²) in [6.45, 7) is 0.467. The Morgan fingerprint density at radius 1 is 1.29 bits per heavy atom. The highest BCUT2D eigenvalue weighted by Crippen LogP contribution is 2.17. The van der Waals surface area contributed by atoms with Crippen LogP contribution in [0, 0.1) is 0 Å². The number of hydrogen-bond donors (Lipinski definition) is 1. The fraction of sp³-hybridized carbons (Fsp3) is 0.100. The molecule has 1 heterocycles. The van der Waals surface area contributed by atoms with Gasteiger partial charge in [-0.15, -0.1) is 11.3 Å². The Labute approximate surface area is 86.2 Å². The molecule has 0 aliphatic heterocycles. The first-order chi connectivity index (χ1) is 6.86. The first kappa shape index (κ1) is 9.18. The van der Waals surface area contributed by atoms with Crippen LogP contribution in [0.15, 0.2) is 41.9 Å². The highest BCUT2D eigenvalue weighted by Gasteiger charge is 2.05. The predicted octanol–water partition coefficient (Wildman–Crippen LogP) is 2.54. The molecule has 0 atom stereocenters. The molecule has 0 spiro atoms. The van der Waals surface area contributed by atoms with Gasteiger partial charge in [0, 0.05) is 11.6 Å². The number of nitrogens with zero attached hydrogens (tertiary/aromatic N) is 2. The van der Waals surface area contributed by atoms with Crippen molar-refractivity contribution >= 4 is 16.5 Å². The summed E-state index contributed by atoms with van der Waals surface area (Å²) in [4.78, 5) is 4.01. The predicted molar refractivity (Wildman–Crippen MR) is 56.5 cm³/mol. The molecule has 0 bridgehead atoms. The minimum Gasteiger partial charge on any atom is -0.286 e. The SMILES string of the molecule is ON(Cc1ccccc1)c1nccs1. The monoisotopic (exact) mass is 206 g/mol. The van der Waals surface area contributed by atoms with E-state index in [2.05, 4.69) is 4.98 Å². The minimum absolute atomic E-state index is 0.467. The second-order valence-electron chi connectivity index (χ2n) is 2.86. The molecular weight excluding hydrogens is 196 g/mol. The van der Waals surface area contributed by atoms with E-state index >= 15 is 0 Å². The summed E-state index contributed by atoms with van der Waals surface area (Å²) in [7, 11) is 0. The van der Waals surface area contributed by atoms with Crippen molar-refractivity contribution in [3.05, 3.63) is 47.5 Å². The van der Waals surface area contributed by atoms with Crippen LogP contribution in [0.25, 0.3) is 0 Å². The number of rotatable bonds is 3. The van der Waals surface area contributed by atoms with Crippen LogP contribution >= 0.6 is 11.3 Å². The average molecular weight is 206 g/mol. The van der Waals surface area contributed by atoms with Crippen LogP contribution in [-0.2, 0) is 6.54 Å². The molecule has 0 saturated carbocycles. The third-order valence-electron chi connectivity index (χ3n) is 1.82. The normalized spacial score (nSPS) is 10.1. The third-order valence-corrected chi connectivity index (χ3v) is 2.60. The van der Waals surface area contributed by atoms with Gasteiger partial charge < -0.3 is 0 Å². The van der Waals surface area contributed by atoms with Gasteiger partial charge in [-0.05, 0) is 5.56 Å². The van der Waals surface area contributed by atoms with Gasteiger partial charge in [0.15, 0.2) is 0 Å². The summed E-state index contributed by atoms with van der Waals surface area (Å²) in [6.07, 6.45) is 1.67. The molecule has 0 fully saturated rings. The fourth-order valence-corrected chi connectivity index (χ4v) is 1.72. The topological polar surface area (TPSA) is 36.4 Å². The van der Waals surface area contributed by atoms with Gasteiger partial charge in [0.25, 0.3) is 0 Å². The summed E-state index contributed by atoms with van der Waals surface area (Å²) in [5.74, 6) is 0. The van der Waals surface area contributed by atoms with Gasteiger partial charge in [0.05, 0.1) is 6.54 Å². The number of benzene rings is 1. The molecule has 0 radical (unpaired) electrons. The molecule has 2 rings (SSSR count). The highest BCUT2D eigenvalue weighted by atomic mass is 32.1. The van der Waals surface area contributed by atoms with Gasteiger partial charge in [-0.3, -0.25) is 5.21 Å². The van der Waals surface area contributed by atoms with E-state index in [4.69, 9.17) is 0 Å². The minimum atomic E-state index is 0.467. The van der Waals surface area contributed by atoms with E-state index in [0.717, 1.165) is 10.6 Å². The quantitative estimate of drug-likeness (QED) is 0.784. The van der Waals surface area contributed by atoms with Crippen molar-refractivity contribution in [3.8, 4) is 0 Å². The Kier molecular flexibility index (Phi) is 2.76. The fourth-order valence-electron chi connectivity index (χ4n) is 1.17. The van der Waals surface area contributed by atoms with Crippen molar-refractivity contribution in [2.75, 3.05) is 5.06 Å². The van der Waals surface area contributed by atoms with Crippen LogP contribution in [0.2, 0.25) is 0 Å². The molecule has 14 heavy (non-hydrogen) atoms. The molecule has 0 saturated heterocycles. The van der Waals surface area contributed by atoms with E-state index in [1.165, 1.54) is 11.3 Å². The van der Waals surface area contributed by atoms with Crippen molar-refractivity contribution in [1.29, 1.82) is 0 Å². The molecule has 2 aromatic rings. The first-order valence-electron chi connectivity index (χ1n) is 4.26. The van der Waals surface area contributed by atoms with Crippen LogP contribution in [0.1, 0.15) is 5.56 Å². The smallest absolute Gasteiger partial charge is 0.209 e. The Morgan fingerprint density at radius 2 is 2.07 bits per heavy atom. The molecule has 1 N–H and O–H groups in total. The lowest BCUT2D eigenvalue weighted by atomic mass is 10.2. The summed E-state index contributed by atoms with van der Waals surface area (Å²) in [5.41, 5.74) is 1.06. The summed E-state index contributed by atoms with van der Waals surface area (Å²) < 4.78 is 0. The number of thiazole rings is 1. The number of aromatic nitrogens is 1. The van der Waals surface area contributed by atoms with Gasteiger partial charge in [-0.2, -0.15) is 0 Å². The van der Waals surface area contributed by atoms with Crippen molar-refractivity contribution < 1.29 is 5.21 Å². The van der Waals surface area contributed by atoms with E-state index in [0.29, 0.717) is 11.7 Å². The Bertz CT molecular complexity index is 374. The second-order valence-corrected chi connectivity index (χ2v) is 3.73. The van der Waals surface area contributed by atoms with Crippen LogP contribution in [0.5, 0.6) is 0 Å². The number of hydrogen-bond acceptors (Lipinski definition) is 4. The zero-order valence-electron chi connectivity index (χ0n) is 7.50. The van der Waals surface area contributed by atoms with Crippen LogP contribution < -0.4 is 5.06 Å². The van der Waals surface area contributed by atoms with Gasteiger partial charge >= 0.3 is 0 Å². The van der Waals surface area contributed by atoms with E-state index in [9.17, 15) is 5.21 Å². The zero-order chi connectivity index (χ0) is 9.80. The standard InChI is InChI=1S/C10H10N2OS/c13-12(10-11-6-7-14-10)8-9-4-2-1-3-5-9/h1-7,13H,8H2. The maximum absolute atomic E-state index is 9.64. The highest BCUT2D eigenvalue weighted by molar-refractivity contribution is 7.13. The van der Waals surface area contributed by atoms with Gasteiger partial charge in [-0.1, -0.05) is 30.3 Å². The van der Waals surface area contributed by atoms with Crippen LogP contribution in [-0.4, -0.2) is 10.2 Å². The maximum atomic E-state index is 9.64. The van der Waals surface area contributed by atoms with Gasteiger partial charge in [0.1, 0.15) is 0 Å². The van der Waals surface area contributed by atoms with E-state index in [1.54, 1.807) is 6.20 Å². The molecule has 0 unspecified atom stereocenters. The second kappa shape index (κ2) is 4.21. The number of hydroxylamine groups is 1. The van der Waals surface area contributed by atoms with Crippen molar-refractivity contribution in [2.24, 2.45) is 0 Å². The molecular formula is C10H10N2OS. The lowest BCUT2D eigenvalue weighted by molar-refractivity contribution is 0.249. The van der Waals surface area contributed by atoms with Crippen molar-refractivity contribution in [2.45, 2.75) is 6.54 Å². The zero-order valence-corrected chi connectivity index (χ0v) is 8.31. The number of anilines is 1. The Morgan fingerprint density at radius 3 is 2.71 bits per heavy atom.